The number of nitrogens with two attached hydrogens (primary N) is 1. The number of carbonyl (C=O) groups is 4. The minimum Gasteiger partial charge on any atom is -0.480 e. The highest BCUT2D eigenvalue weighted by atomic mass is 16.4. The van der Waals surface area contributed by atoms with Crippen LogP contribution in [0.25, 0.3) is 0 Å². The Morgan fingerprint density at radius 3 is 1.81 bits per heavy atom. The molecule has 0 aromatic carbocycles. The first kappa shape index (κ1) is 29.5. The normalized spacial score (nSPS) is 16.0. The van der Waals surface area contributed by atoms with Crippen molar-refractivity contribution in [3.05, 3.63) is 36.4 Å². The fourth-order valence-electron chi connectivity index (χ4n) is 3.64. The highest BCUT2D eigenvalue weighted by Gasteiger charge is 2.33. The van der Waals surface area contributed by atoms with Gasteiger partial charge in [0.1, 0.15) is 18.1 Å². The predicted octanol–water partition coefficient (Wildman–Crippen LogP) is -0.123. The average molecular weight is 519 g/mol. The number of aromatic nitrogens is 4. The lowest BCUT2D eigenvalue weighted by molar-refractivity contribution is -0.142. The van der Waals surface area contributed by atoms with Crippen LogP contribution in [-0.2, 0) is 32.0 Å². The van der Waals surface area contributed by atoms with Crippen molar-refractivity contribution in [2.75, 3.05) is 0 Å². The van der Waals surface area contributed by atoms with Gasteiger partial charge in [0.15, 0.2) is 0 Å². The third kappa shape index (κ3) is 8.70. The number of aliphatic carboxylic acids is 1. The summed E-state index contributed by atoms with van der Waals surface area (Å²) in [5.74, 6) is -3.36. The van der Waals surface area contributed by atoms with E-state index in [-0.39, 0.29) is 24.7 Å². The van der Waals surface area contributed by atoms with E-state index in [4.69, 9.17) is 5.73 Å². The van der Waals surface area contributed by atoms with Crippen LogP contribution in [0.2, 0.25) is 0 Å². The number of rotatable bonds is 15. The molecule has 37 heavy (non-hydrogen) atoms. The van der Waals surface area contributed by atoms with Crippen LogP contribution in [-0.4, -0.2) is 72.9 Å². The van der Waals surface area contributed by atoms with E-state index in [2.05, 4.69) is 35.9 Å². The van der Waals surface area contributed by atoms with Crippen molar-refractivity contribution < 1.29 is 24.3 Å². The van der Waals surface area contributed by atoms with Gasteiger partial charge in [-0.3, -0.25) is 14.4 Å². The van der Waals surface area contributed by atoms with Crippen molar-refractivity contribution >= 4 is 23.7 Å². The summed E-state index contributed by atoms with van der Waals surface area (Å²) < 4.78 is 0. The summed E-state index contributed by atoms with van der Waals surface area (Å²) in [5, 5.41) is 17.6. The molecule has 13 nitrogen and oxygen atoms in total. The van der Waals surface area contributed by atoms with E-state index in [0.29, 0.717) is 24.2 Å². The van der Waals surface area contributed by atoms with Gasteiger partial charge < -0.3 is 36.8 Å². The Kier molecular flexibility index (Phi) is 11.2. The molecular formula is C24H38N8O5. The van der Waals surface area contributed by atoms with Crippen molar-refractivity contribution in [1.29, 1.82) is 0 Å². The molecule has 0 saturated carbocycles. The fourth-order valence-corrected chi connectivity index (χ4v) is 3.64. The molecule has 204 valence electrons. The molecule has 2 heterocycles. The number of amides is 3. The molecule has 0 aliphatic heterocycles. The number of carboxylic acids is 1. The van der Waals surface area contributed by atoms with Crippen molar-refractivity contribution in [2.45, 2.75) is 77.5 Å². The molecule has 6 atom stereocenters. The van der Waals surface area contributed by atoms with E-state index in [9.17, 15) is 24.3 Å². The molecule has 2 rings (SSSR count). The molecule has 0 fully saturated rings. The lowest BCUT2D eigenvalue weighted by Gasteiger charge is -2.28. The molecule has 8 N–H and O–H groups in total. The van der Waals surface area contributed by atoms with Crippen LogP contribution >= 0.6 is 0 Å². The Balaban J connectivity index is 2.20. The van der Waals surface area contributed by atoms with Crippen LogP contribution in [0.1, 0.15) is 51.9 Å². The minimum atomic E-state index is -1.23. The van der Waals surface area contributed by atoms with E-state index < -0.39 is 47.9 Å². The smallest absolute Gasteiger partial charge is 0.326 e. The molecule has 0 aliphatic carbocycles. The zero-order valence-corrected chi connectivity index (χ0v) is 21.7. The van der Waals surface area contributed by atoms with Gasteiger partial charge in [-0.15, -0.1) is 0 Å². The number of nitrogens with zero attached hydrogens (tertiary/aromatic N) is 2. The van der Waals surface area contributed by atoms with Gasteiger partial charge in [0.2, 0.25) is 17.7 Å². The third-order valence-electron chi connectivity index (χ3n) is 6.56. The van der Waals surface area contributed by atoms with Crippen molar-refractivity contribution in [3.8, 4) is 0 Å². The summed E-state index contributed by atoms with van der Waals surface area (Å²) in [6, 6.07) is -4.12. The molecule has 0 aliphatic rings. The standard InChI is InChI=1S/C24H38N8O5/c1-5-13(3)19(25)22(34)30-17(7-15-9-26-11-28-15)21(33)32-20(14(4)6-2)23(35)31-18(24(36)37)8-16-10-27-12-29-16/h9-14,17-20H,5-8,25H2,1-4H3,(H,26,28)(H,27,29)(H,30,34)(H,31,35)(H,32,33)(H,36,37). The number of H-pyrrole nitrogens is 2. The van der Waals surface area contributed by atoms with Gasteiger partial charge in [0, 0.05) is 36.6 Å². The molecule has 2 aromatic heterocycles. The molecule has 0 radical (unpaired) electrons. The van der Waals surface area contributed by atoms with Crippen molar-refractivity contribution in [2.24, 2.45) is 17.6 Å². The van der Waals surface area contributed by atoms with Crippen LogP contribution in [0.15, 0.2) is 25.0 Å². The zero-order chi connectivity index (χ0) is 27.5. The second-order valence-corrected chi connectivity index (χ2v) is 9.31. The number of hydrogen-bond acceptors (Lipinski definition) is 7. The van der Waals surface area contributed by atoms with Gasteiger partial charge in [0.05, 0.1) is 18.7 Å². The molecule has 0 saturated heterocycles. The number of carbonyl (C=O) groups excluding carboxylic acids is 3. The van der Waals surface area contributed by atoms with Crippen LogP contribution in [0.4, 0.5) is 0 Å². The first-order valence-corrected chi connectivity index (χ1v) is 12.4. The monoisotopic (exact) mass is 518 g/mol. The highest BCUT2D eigenvalue weighted by molar-refractivity contribution is 5.94. The number of aromatic amines is 2. The number of imidazole rings is 2. The summed E-state index contributed by atoms with van der Waals surface area (Å²) in [4.78, 5) is 64.6. The Morgan fingerprint density at radius 1 is 0.838 bits per heavy atom. The molecule has 3 amide bonds. The third-order valence-corrected chi connectivity index (χ3v) is 6.56. The second kappa shape index (κ2) is 14.1. The fraction of sp³-hybridized carbons (Fsp3) is 0.583. The molecule has 0 spiro atoms. The predicted molar refractivity (Wildman–Crippen MR) is 135 cm³/mol. The highest BCUT2D eigenvalue weighted by Crippen LogP contribution is 2.11. The number of nitrogens with one attached hydrogen (secondary N) is 5. The summed E-state index contributed by atoms with van der Waals surface area (Å²) in [5.41, 5.74) is 7.20. The van der Waals surface area contributed by atoms with E-state index in [0.717, 1.165) is 0 Å². The van der Waals surface area contributed by atoms with Crippen LogP contribution in [0.5, 0.6) is 0 Å². The van der Waals surface area contributed by atoms with Crippen molar-refractivity contribution in [1.82, 2.24) is 35.9 Å². The first-order valence-electron chi connectivity index (χ1n) is 12.4. The summed E-state index contributed by atoms with van der Waals surface area (Å²) in [6.07, 6.45) is 7.19. The topological polar surface area (TPSA) is 208 Å². The van der Waals surface area contributed by atoms with E-state index >= 15 is 0 Å². The van der Waals surface area contributed by atoms with Crippen LogP contribution < -0.4 is 21.7 Å². The second-order valence-electron chi connectivity index (χ2n) is 9.31. The summed E-state index contributed by atoms with van der Waals surface area (Å²) in [6.45, 7) is 7.39. The first-order chi connectivity index (χ1) is 17.6. The lowest BCUT2D eigenvalue weighted by atomic mass is 9.96. The number of hydrogen-bond donors (Lipinski definition) is 7. The van der Waals surface area contributed by atoms with Gasteiger partial charge in [-0.25, -0.2) is 14.8 Å². The van der Waals surface area contributed by atoms with E-state index in [1.807, 2.05) is 20.8 Å². The molecule has 6 unspecified atom stereocenters. The van der Waals surface area contributed by atoms with E-state index in [1.54, 1.807) is 6.92 Å². The summed E-state index contributed by atoms with van der Waals surface area (Å²) >= 11 is 0. The zero-order valence-electron chi connectivity index (χ0n) is 21.7. The molecule has 0 bridgehead atoms. The van der Waals surface area contributed by atoms with Gasteiger partial charge in [-0.05, 0) is 11.8 Å². The Hall–Kier alpha value is -3.74. The van der Waals surface area contributed by atoms with E-state index in [1.165, 1.54) is 25.0 Å². The lowest BCUT2D eigenvalue weighted by Crippen LogP contribution is -2.59. The quantitative estimate of drug-likeness (QED) is 0.169. The Bertz CT molecular complexity index is 1010. The maximum Gasteiger partial charge on any atom is 0.326 e. The maximum atomic E-state index is 13.4. The van der Waals surface area contributed by atoms with Gasteiger partial charge in [-0.1, -0.05) is 40.5 Å². The van der Waals surface area contributed by atoms with Crippen LogP contribution in [0.3, 0.4) is 0 Å². The minimum absolute atomic E-state index is 0.00570. The number of carboxylic acid groups (broad SMARTS) is 1. The summed E-state index contributed by atoms with van der Waals surface area (Å²) in [7, 11) is 0. The molecule has 13 heteroatoms. The SMILES string of the molecule is CCC(C)C(N)C(=O)NC(Cc1cnc[nH]1)C(=O)NC(C(=O)NC(Cc1cnc[nH]1)C(=O)O)C(C)CC. The Labute approximate surface area is 215 Å². The maximum absolute atomic E-state index is 13.4. The van der Waals surface area contributed by atoms with Gasteiger partial charge in [-0.2, -0.15) is 0 Å². The molecule has 2 aromatic rings. The average Bonchev–Trinajstić information content (AvgIpc) is 3.59. The van der Waals surface area contributed by atoms with Gasteiger partial charge in [0.25, 0.3) is 0 Å². The molecular weight excluding hydrogens is 480 g/mol. The largest absolute Gasteiger partial charge is 0.480 e. The van der Waals surface area contributed by atoms with Crippen LogP contribution in [0, 0.1) is 11.8 Å². The van der Waals surface area contributed by atoms with Crippen molar-refractivity contribution in [3.63, 3.8) is 0 Å². The van der Waals surface area contributed by atoms with Gasteiger partial charge >= 0.3 is 5.97 Å². The Morgan fingerprint density at radius 2 is 1.35 bits per heavy atom.